The molecule has 1 aliphatic carbocycles. The van der Waals surface area contributed by atoms with Gasteiger partial charge in [0, 0.05) is 43.0 Å². The van der Waals surface area contributed by atoms with Gasteiger partial charge in [-0.05, 0) is 93.8 Å². The number of anilines is 1. The molecule has 1 aliphatic heterocycles. The van der Waals surface area contributed by atoms with Crippen molar-refractivity contribution in [1.29, 1.82) is 0 Å². The van der Waals surface area contributed by atoms with Crippen LogP contribution in [0.5, 0.6) is 5.75 Å². The Morgan fingerprint density at radius 1 is 0.941 bits per heavy atom. The minimum atomic E-state index is -0.870. The van der Waals surface area contributed by atoms with Crippen LogP contribution in [0.4, 0.5) is 10.5 Å². The van der Waals surface area contributed by atoms with Gasteiger partial charge >= 0.3 is 6.09 Å². The lowest BCUT2D eigenvalue weighted by atomic mass is 9.97. The molecule has 2 heterocycles. The van der Waals surface area contributed by atoms with Gasteiger partial charge in [-0.15, -0.1) is 0 Å². The normalized spacial score (nSPS) is 16.7. The number of piperidine rings is 1. The van der Waals surface area contributed by atoms with Crippen molar-refractivity contribution in [3.05, 3.63) is 101 Å². The fourth-order valence-electron chi connectivity index (χ4n) is 6.85. The monoisotopic (exact) mass is 687 g/mol. The molecule has 1 saturated heterocycles. The number of nitrogens with zero attached hydrogens (tertiary/aromatic N) is 3. The first-order chi connectivity index (χ1) is 24.7. The van der Waals surface area contributed by atoms with Crippen molar-refractivity contribution in [2.45, 2.75) is 82.9 Å². The van der Waals surface area contributed by atoms with Crippen LogP contribution >= 0.6 is 0 Å². The molecule has 10 heteroatoms. The van der Waals surface area contributed by atoms with Gasteiger partial charge in [-0.2, -0.15) is 5.10 Å². The van der Waals surface area contributed by atoms with Crippen LogP contribution in [0.3, 0.4) is 0 Å². The van der Waals surface area contributed by atoms with Gasteiger partial charge in [0.15, 0.2) is 0 Å². The topological polar surface area (TPSA) is 126 Å². The van der Waals surface area contributed by atoms with Crippen LogP contribution < -0.4 is 10.6 Å². The second-order valence-electron chi connectivity index (χ2n) is 13.5. The van der Waals surface area contributed by atoms with Gasteiger partial charge in [0.25, 0.3) is 0 Å². The highest BCUT2D eigenvalue weighted by Crippen LogP contribution is 2.31. The minimum absolute atomic E-state index is 0.140. The van der Waals surface area contributed by atoms with Crippen molar-refractivity contribution in [2.24, 2.45) is 7.05 Å². The molecule has 51 heavy (non-hydrogen) atoms. The van der Waals surface area contributed by atoms with Crippen LogP contribution in [0.2, 0.25) is 0 Å². The van der Waals surface area contributed by atoms with Crippen molar-refractivity contribution in [3.63, 3.8) is 0 Å². The average molecular weight is 688 g/mol. The molecule has 3 amide bonds. The fourth-order valence-corrected chi connectivity index (χ4v) is 6.85. The summed E-state index contributed by atoms with van der Waals surface area (Å²) < 4.78 is 7.38. The number of carbonyl (C=O) groups excluding carboxylic acids is 3. The third-order valence-corrected chi connectivity index (χ3v) is 9.52. The van der Waals surface area contributed by atoms with Gasteiger partial charge in [-0.1, -0.05) is 60.2 Å². The summed E-state index contributed by atoms with van der Waals surface area (Å²) in [5.41, 5.74) is 5.14. The molecule has 0 bridgehead atoms. The van der Waals surface area contributed by atoms with Crippen LogP contribution in [0, 0.1) is 18.8 Å². The zero-order chi connectivity index (χ0) is 35.7. The average Bonchev–Trinajstić information content (AvgIpc) is 3.52. The molecule has 2 fully saturated rings. The number of hydrogen-bond acceptors (Lipinski definition) is 6. The molecule has 264 valence electrons. The molecule has 2 atom stereocenters. The molecule has 6 rings (SSSR count). The number of phenols is 1. The van der Waals surface area contributed by atoms with E-state index < -0.39 is 18.2 Å². The zero-order valence-corrected chi connectivity index (χ0v) is 29.2. The number of alkyl carbamates (subject to hydrolysis) is 1. The molecule has 2 unspecified atom stereocenters. The SMILES string of the molecule is Cc1ccc(O)c(-c2nn(C)cc2C#Cc2ccc(NC(=O)C3CCCCN3C(=O)C(Cc3ccccc3)NC(=O)OC3CCCCC3)cc2)c1. The van der Waals surface area contributed by atoms with Crippen molar-refractivity contribution in [3.8, 4) is 28.8 Å². The molecular formula is C41H45N5O5. The van der Waals surface area contributed by atoms with Crippen molar-refractivity contribution >= 4 is 23.6 Å². The van der Waals surface area contributed by atoms with Gasteiger partial charge in [-0.25, -0.2) is 4.79 Å². The number of hydrogen-bond donors (Lipinski definition) is 3. The second-order valence-corrected chi connectivity index (χ2v) is 13.5. The van der Waals surface area contributed by atoms with Crippen molar-refractivity contribution < 1.29 is 24.2 Å². The number of likely N-dealkylation sites (tertiary alicyclic amines) is 1. The zero-order valence-electron chi connectivity index (χ0n) is 29.2. The van der Waals surface area contributed by atoms with E-state index >= 15 is 0 Å². The van der Waals surface area contributed by atoms with Crippen LogP contribution in [0.25, 0.3) is 11.3 Å². The van der Waals surface area contributed by atoms with E-state index in [-0.39, 0.29) is 23.7 Å². The first-order valence-electron chi connectivity index (χ1n) is 17.8. The first-order valence-corrected chi connectivity index (χ1v) is 17.8. The Morgan fingerprint density at radius 2 is 1.69 bits per heavy atom. The van der Waals surface area contributed by atoms with Crippen LogP contribution in [-0.4, -0.2) is 62.4 Å². The first kappa shape index (κ1) is 35.3. The third-order valence-electron chi connectivity index (χ3n) is 9.52. The molecule has 3 aromatic carbocycles. The summed E-state index contributed by atoms with van der Waals surface area (Å²) in [5, 5.41) is 20.8. The number of aromatic hydroxyl groups is 1. The smallest absolute Gasteiger partial charge is 0.408 e. The maximum Gasteiger partial charge on any atom is 0.408 e. The number of rotatable bonds is 8. The highest BCUT2D eigenvalue weighted by Gasteiger charge is 2.36. The number of aryl methyl sites for hydroxylation is 2. The molecule has 4 aromatic rings. The van der Waals surface area contributed by atoms with E-state index in [1.807, 2.05) is 74.8 Å². The summed E-state index contributed by atoms with van der Waals surface area (Å²) in [7, 11) is 1.81. The maximum absolute atomic E-state index is 14.1. The van der Waals surface area contributed by atoms with E-state index in [2.05, 4.69) is 27.6 Å². The van der Waals surface area contributed by atoms with Crippen molar-refractivity contribution in [1.82, 2.24) is 20.0 Å². The summed E-state index contributed by atoms with van der Waals surface area (Å²) in [5.74, 6) is 5.91. The summed E-state index contributed by atoms with van der Waals surface area (Å²) in [4.78, 5) is 42.4. The minimum Gasteiger partial charge on any atom is -0.507 e. The number of benzene rings is 3. The largest absolute Gasteiger partial charge is 0.507 e. The standard InChI is InChI=1S/C41H45N5O5/c1-28-16-23-37(47)34(25-28)38-31(27-45(2)44-38)20-17-29-18-21-32(22-19-29)42-39(48)36-15-9-10-24-46(36)40(49)35(26-30-11-5-3-6-12-30)43-41(50)51-33-13-7-4-8-14-33/h3,5-6,11-12,16,18-19,21-23,25,27,33,35-36,47H,4,7-10,13-15,24,26H2,1-2H3,(H,42,48)(H,43,50). The van der Waals surface area contributed by atoms with Gasteiger partial charge in [-0.3, -0.25) is 14.3 Å². The van der Waals surface area contributed by atoms with E-state index in [1.165, 1.54) is 0 Å². The third kappa shape index (κ3) is 9.17. The van der Waals surface area contributed by atoms with Crippen molar-refractivity contribution in [2.75, 3.05) is 11.9 Å². The summed E-state index contributed by atoms with van der Waals surface area (Å²) in [6, 6.07) is 20.6. The predicted molar refractivity (Wildman–Crippen MR) is 196 cm³/mol. The number of carbonyl (C=O) groups is 3. The number of aromatic nitrogens is 2. The van der Waals surface area contributed by atoms with Crippen LogP contribution in [-0.2, 0) is 27.8 Å². The Labute approximate surface area is 299 Å². The number of ether oxygens (including phenoxy) is 1. The van der Waals surface area contributed by atoms with Gasteiger partial charge < -0.3 is 25.4 Å². The quantitative estimate of drug-likeness (QED) is 0.182. The summed E-state index contributed by atoms with van der Waals surface area (Å²) in [6.45, 7) is 2.38. The fraction of sp³-hybridized carbons (Fsp3) is 0.366. The molecule has 1 saturated carbocycles. The highest BCUT2D eigenvalue weighted by molar-refractivity contribution is 5.98. The molecular weight excluding hydrogens is 642 g/mol. The number of amides is 3. The Hall–Kier alpha value is -5.56. The van der Waals surface area contributed by atoms with Gasteiger partial charge in [0.05, 0.1) is 5.56 Å². The van der Waals surface area contributed by atoms with E-state index in [4.69, 9.17) is 4.74 Å². The summed E-state index contributed by atoms with van der Waals surface area (Å²) >= 11 is 0. The Kier molecular flexibility index (Phi) is 11.4. The van der Waals surface area contributed by atoms with E-state index in [9.17, 15) is 19.5 Å². The molecule has 0 radical (unpaired) electrons. The van der Waals surface area contributed by atoms with Crippen LogP contribution in [0.15, 0.2) is 79.0 Å². The molecule has 3 N–H and O–H groups in total. The lowest BCUT2D eigenvalue weighted by Crippen LogP contribution is -2.57. The molecule has 2 aliphatic rings. The lowest BCUT2D eigenvalue weighted by Gasteiger charge is -2.37. The van der Waals surface area contributed by atoms with E-state index in [0.717, 1.165) is 61.6 Å². The number of nitrogens with one attached hydrogen (secondary N) is 2. The second kappa shape index (κ2) is 16.4. The lowest BCUT2D eigenvalue weighted by molar-refractivity contribution is -0.142. The molecule has 10 nitrogen and oxygen atoms in total. The van der Waals surface area contributed by atoms with E-state index in [1.54, 1.807) is 27.8 Å². The summed E-state index contributed by atoms with van der Waals surface area (Å²) in [6.07, 6.45) is 8.34. The van der Waals surface area contributed by atoms with Gasteiger partial charge in [0.1, 0.15) is 29.6 Å². The van der Waals surface area contributed by atoms with Crippen LogP contribution in [0.1, 0.15) is 73.6 Å². The highest BCUT2D eigenvalue weighted by atomic mass is 16.6. The Morgan fingerprint density at radius 3 is 2.45 bits per heavy atom. The van der Waals surface area contributed by atoms with E-state index in [0.29, 0.717) is 41.9 Å². The Balaban J connectivity index is 1.13. The van der Waals surface area contributed by atoms with Gasteiger partial charge in [0.2, 0.25) is 11.8 Å². The number of phenolic OH excluding ortho intramolecular Hbond substituents is 1. The maximum atomic E-state index is 14.1. The predicted octanol–water partition coefficient (Wildman–Crippen LogP) is 6.49. The molecule has 1 aromatic heterocycles. The molecule has 0 spiro atoms. The Bertz CT molecular complexity index is 1900.